The lowest BCUT2D eigenvalue weighted by molar-refractivity contribution is 0.00546. The molecular weight excluding hydrogens is 206 g/mol. The Morgan fingerprint density at radius 3 is 2.73 bits per heavy atom. The van der Waals surface area contributed by atoms with Gasteiger partial charge in [-0.1, -0.05) is 25.3 Å². The minimum atomic E-state index is -0.415. The van der Waals surface area contributed by atoms with Gasteiger partial charge in [0.25, 0.3) is 0 Å². The van der Waals surface area contributed by atoms with Gasteiger partial charge in [0.2, 0.25) is 0 Å². The molecule has 1 saturated carbocycles. The first kappa shape index (κ1) is 13.1. The predicted molar refractivity (Wildman–Crippen MR) is 68.4 cm³/mol. The van der Waals surface area contributed by atoms with Crippen LogP contribution in [0, 0.1) is 0 Å². The van der Waals surface area contributed by atoms with Crippen molar-refractivity contribution in [2.45, 2.75) is 37.7 Å². The molecule has 0 bridgehead atoms. The molecule has 0 unspecified atom stereocenters. The normalized spacial score (nSPS) is 20.1. The Morgan fingerprint density at radius 2 is 2.07 bits per heavy atom. The van der Waals surface area contributed by atoms with Crippen molar-refractivity contribution < 1.29 is 5.11 Å². The molecule has 0 spiro atoms. The van der Waals surface area contributed by atoms with Gasteiger partial charge in [0.05, 0.1) is 5.60 Å². The zero-order chi connectivity index (χ0) is 11.0. The number of thioether (sulfide) groups is 1. The molecule has 0 aromatic heterocycles. The maximum atomic E-state index is 10.2. The Balaban J connectivity index is 2.00. The Kier molecular flexibility index (Phi) is 6.37. The van der Waals surface area contributed by atoms with E-state index in [4.69, 9.17) is 0 Å². The molecule has 88 valence electrons. The van der Waals surface area contributed by atoms with Crippen LogP contribution in [0.4, 0.5) is 0 Å². The smallest absolute Gasteiger partial charge is 0.0771 e. The molecule has 15 heavy (non-hydrogen) atoms. The van der Waals surface area contributed by atoms with Crippen molar-refractivity contribution in [1.82, 2.24) is 5.32 Å². The van der Waals surface area contributed by atoms with Crippen molar-refractivity contribution in [3.63, 3.8) is 0 Å². The Labute approximate surface area is 97.5 Å². The second kappa shape index (κ2) is 7.31. The lowest BCUT2D eigenvalue weighted by Gasteiger charge is -2.32. The van der Waals surface area contributed by atoms with Gasteiger partial charge in [-0.3, -0.25) is 0 Å². The first-order valence-electron chi connectivity index (χ1n) is 5.89. The van der Waals surface area contributed by atoms with Gasteiger partial charge in [0, 0.05) is 24.6 Å². The maximum Gasteiger partial charge on any atom is 0.0771 e. The van der Waals surface area contributed by atoms with Gasteiger partial charge in [0.1, 0.15) is 0 Å². The molecule has 1 aliphatic rings. The number of hydrogen-bond donors (Lipinski definition) is 2. The molecule has 0 amide bonds. The van der Waals surface area contributed by atoms with Crippen LogP contribution in [0.3, 0.4) is 0 Å². The van der Waals surface area contributed by atoms with Gasteiger partial charge in [0.15, 0.2) is 0 Å². The van der Waals surface area contributed by atoms with Crippen LogP contribution in [-0.2, 0) is 0 Å². The maximum absolute atomic E-state index is 10.2. The number of hydrogen-bond acceptors (Lipinski definition) is 3. The van der Waals surface area contributed by atoms with Gasteiger partial charge in [-0.15, -0.1) is 6.58 Å². The van der Waals surface area contributed by atoms with E-state index in [1.807, 2.05) is 17.8 Å². The quantitative estimate of drug-likeness (QED) is 0.518. The third-order valence-electron chi connectivity index (χ3n) is 2.90. The average molecular weight is 229 g/mol. The molecule has 0 radical (unpaired) electrons. The summed E-state index contributed by atoms with van der Waals surface area (Å²) in [5, 5.41) is 13.5. The van der Waals surface area contributed by atoms with E-state index in [2.05, 4.69) is 11.9 Å². The molecule has 1 fully saturated rings. The van der Waals surface area contributed by atoms with Crippen LogP contribution >= 0.6 is 11.8 Å². The lowest BCUT2D eigenvalue weighted by Crippen LogP contribution is -2.42. The summed E-state index contributed by atoms with van der Waals surface area (Å²) in [6.07, 6.45) is 7.53. The predicted octanol–water partition coefficient (Wildman–Crippen LogP) is 2.19. The molecule has 2 nitrogen and oxygen atoms in total. The second-order valence-electron chi connectivity index (χ2n) is 4.33. The van der Waals surface area contributed by atoms with Crippen LogP contribution in [0.25, 0.3) is 0 Å². The van der Waals surface area contributed by atoms with Gasteiger partial charge in [-0.2, -0.15) is 11.8 Å². The molecule has 0 aromatic rings. The highest BCUT2D eigenvalue weighted by molar-refractivity contribution is 7.99. The Morgan fingerprint density at radius 1 is 1.33 bits per heavy atom. The molecule has 0 saturated heterocycles. The van der Waals surface area contributed by atoms with E-state index in [0.29, 0.717) is 0 Å². The number of nitrogens with one attached hydrogen (secondary N) is 1. The topological polar surface area (TPSA) is 32.3 Å². The molecule has 3 heteroatoms. The standard InChI is InChI=1S/C12H23NOS/c1-2-9-15-10-8-13-11-12(14)6-4-3-5-7-12/h2,13-14H,1,3-11H2. The van der Waals surface area contributed by atoms with Crippen LogP contribution < -0.4 is 5.32 Å². The Bertz CT molecular complexity index is 178. The zero-order valence-electron chi connectivity index (χ0n) is 9.50. The van der Waals surface area contributed by atoms with Gasteiger partial charge in [-0.25, -0.2) is 0 Å². The van der Waals surface area contributed by atoms with E-state index in [1.54, 1.807) is 0 Å². The lowest BCUT2D eigenvalue weighted by atomic mass is 9.85. The average Bonchev–Trinajstić information content (AvgIpc) is 2.24. The third kappa shape index (κ3) is 5.59. The summed E-state index contributed by atoms with van der Waals surface area (Å²) in [6, 6.07) is 0. The zero-order valence-corrected chi connectivity index (χ0v) is 10.3. The molecule has 1 aliphatic carbocycles. The fourth-order valence-corrected chi connectivity index (χ4v) is 2.64. The van der Waals surface area contributed by atoms with E-state index < -0.39 is 5.60 Å². The van der Waals surface area contributed by atoms with Gasteiger partial charge in [-0.05, 0) is 12.8 Å². The summed E-state index contributed by atoms with van der Waals surface area (Å²) < 4.78 is 0. The van der Waals surface area contributed by atoms with E-state index >= 15 is 0 Å². The first-order valence-corrected chi connectivity index (χ1v) is 7.04. The van der Waals surface area contributed by atoms with Crippen LogP contribution in [0.15, 0.2) is 12.7 Å². The van der Waals surface area contributed by atoms with E-state index in [-0.39, 0.29) is 0 Å². The van der Waals surface area contributed by atoms with Crippen LogP contribution in [0.1, 0.15) is 32.1 Å². The highest BCUT2D eigenvalue weighted by Gasteiger charge is 2.28. The monoisotopic (exact) mass is 229 g/mol. The van der Waals surface area contributed by atoms with E-state index in [0.717, 1.165) is 37.4 Å². The molecule has 1 rings (SSSR count). The fraction of sp³-hybridized carbons (Fsp3) is 0.833. The van der Waals surface area contributed by atoms with Crippen LogP contribution in [0.2, 0.25) is 0 Å². The summed E-state index contributed by atoms with van der Waals surface area (Å²) >= 11 is 1.88. The Hall–Kier alpha value is 0.01000. The SMILES string of the molecule is C=CCSCCNCC1(O)CCCCC1. The molecule has 0 aliphatic heterocycles. The summed E-state index contributed by atoms with van der Waals surface area (Å²) in [5.74, 6) is 2.12. The number of rotatable bonds is 7. The van der Waals surface area contributed by atoms with E-state index in [9.17, 15) is 5.11 Å². The summed E-state index contributed by atoms with van der Waals surface area (Å²) in [6.45, 7) is 5.43. The largest absolute Gasteiger partial charge is 0.389 e. The van der Waals surface area contributed by atoms with Crippen molar-refractivity contribution in [3.05, 3.63) is 12.7 Å². The van der Waals surface area contributed by atoms with Crippen molar-refractivity contribution >= 4 is 11.8 Å². The van der Waals surface area contributed by atoms with Crippen molar-refractivity contribution in [2.75, 3.05) is 24.6 Å². The minimum Gasteiger partial charge on any atom is -0.389 e. The van der Waals surface area contributed by atoms with Crippen LogP contribution in [0.5, 0.6) is 0 Å². The van der Waals surface area contributed by atoms with Crippen molar-refractivity contribution in [2.24, 2.45) is 0 Å². The summed E-state index contributed by atoms with van der Waals surface area (Å²) in [5.41, 5.74) is -0.415. The fourth-order valence-electron chi connectivity index (χ4n) is 2.02. The molecule has 0 atom stereocenters. The van der Waals surface area contributed by atoms with Crippen molar-refractivity contribution in [3.8, 4) is 0 Å². The van der Waals surface area contributed by atoms with Crippen LogP contribution in [-0.4, -0.2) is 35.3 Å². The second-order valence-corrected chi connectivity index (χ2v) is 5.48. The van der Waals surface area contributed by atoms with Crippen molar-refractivity contribution in [1.29, 1.82) is 0 Å². The molecule has 0 heterocycles. The third-order valence-corrected chi connectivity index (χ3v) is 3.86. The molecular formula is C12H23NOS. The van der Waals surface area contributed by atoms with E-state index in [1.165, 1.54) is 19.3 Å². The van der Waals surface area contributed by atoms with Gasteiger partial charge < -0.3 is 10.4 Å². The minimum absolute atomic E-state index is 0.415. The summed E-state index contributed by atoms with van der Waals surface area (Å²) in [7, 11) is 0. The highest BCUT2D eigenvalue weighted by Crippen LogP contribution is 2.27. The summed E-state index contributed by atoms with van der Waals surface area (Å²) in [4.78, 5) is 0. The first-order chi connectivity index (χ1) is 7.27. The van der Waals surface area contributed by atoms with Gasteiger partial charge >= 0.3 is 0 Å². The highest BCUT2D eigenvalue weighted by atomic mass is 32.2. The molecule has 0 aromatic carbocycles. The molecule has 2 N–H and O–H groups in total. The number of aliphatic hydroxyl groups is 1.